The molecule has 0 aliphatic rings. The van der Waals surface area contributed by atoms with Crippen LogP contribution in [0, 0.1) is 0 Å². The van der Waals surface area contributed by atoms with Gasteiger partial charge in [-0.15, -0.1) is 0 Å². The zero-order valence-electron chi connectivity index (χ0n) is 11.0. The first-order chi connectivity index (χ1) is 10.4. The minimum atomic E-state index is -4.40. The van der Waals surface area contributed by atoms with Crippen molar-refractivity contribution >= 4 is 16.9 Å². The number of halogens is 3. The van der Waals surface area contributed by atoms with Crippen LogP contribution in [-0.4, -0.2) is 21.0 Å². The summed E-state index contributed by atoms with van der Waals surface area (Å²) < 4.78 is 38.1. The lowest BCUT2D eigenvalue weighted by Crippen LogP contribution is -2.04. The van der Waals surface area contributed by atoms with Gasteiger partial charge < -0.3 is 10.1 Å². The summed E-state index contributed by atoms with van der Waals surface area (Å²) in [5, 5.41) is 9.42. The van der Waals surface area contributed by atoms with Crippen molar-refractivity contribution < 1.29 is 23.1 Å². The molecule has 2 N–H and O–H groups in total. The van der Waals surface area contributed by atoms with Gasteiger partial charge in [-0.2, -0.15) is 13.2 Å². The molecular formula is C15H9F3N2O2. The summed E-state index contributed by atoms with van der Waals surface area (Å²) >= 11 is 0. The van der Waals surface area contributed by atoms with Crippen molar-refractivity contribution in [2.75, 3.05) is 0 Å². The third-order valence-corrected chi connectivity index (χ3v) is 3.30. The van der Waals surface area contributed by atoms with Crippen molar-refractivity contribution in [1.82, 2.24) is 9.97 Å². The Balaban J connectivity index is 2.06. The molecule has 0 aliphatic heterocycles. The van der Waals surface area contributed by atoms with Crippen LogP contribution in [0.25, 0.3) is 22.2 Å². The molecule has 0 aliphatic carbocycles. The first kappa shape index (κ1) is 14.1. The average molecular weight is 306 g/mol. The lowest BCUT2D eigenvalue weighted by molar-refractivity contribution is -0.137. The number of carboxylic acid groups (broad SMARTS) is 1. The lowest BCUT2D eigenvalue weighted by Gasteiger charge is -2.06. The average Bonchev–Trinajstić information content (AvgIpc) is 2.89. The van der Waals surface area contributed by atoms with Crippen LogP contribution in [0.1, 0.15) is 15.9 Å². The number of H-pyrrole nitrogens is 1. The second-order valence-electron chi connectivity index (χ2n) is 4.70. The number of rotatable bonds is 2. The molecule has 0 spiro atoms. The van der Waals surface area contributed by atoms with E-state index in [1.165, 1.54) is 24.4 Å². The number of hydrogen-bond donors (Lipinski definition) is 2. The number of benzene rings is 1. The van der Waals surface area contributed by atoms with Crippen molar-refractivity contribution in [2.24, 2.45) is 0 Å². The highest BCUT2D eigenvalue weighted by molar-refractivity contribution is 5.95. The summed E-state index contributed by atoms with van der Waals surface area (Å²) in [4.78, 5) is 17.6. The molecule has 0 radical (unpaired) electrons. The van der Waals surface area contributed by atoms with Crippen LogP contribution in [0.5, 0.6) is 0 Å². The Morgan fingerprint density at radius 1 is 1.18 bits per heavy atom. The number of alkyl halides is 3. The molecule has 0 saturated heterocycles. The number of hydrogen-bond acceptors (Lipinski definition) is 2. The predicted octanol–water partition coefficient (Wildman–Crippen LogP) is 3.95. The maximum absolute atomic E-state index is 12.7. The Bertz CT molecular complexity index is 851. The molecule has 0 bridgehead atoms. The van der Waals surface area contributed by atoms with E-state index in [-0.39, 0.29) is 5.56 Å². The maximum atomic E-state index is 12.7. The number of nitrogens with zero attached hydrogens (tertiary/aromatic N) is 1. The smallest absolute Gasteiger partial charge is 0.416 e. The third kappa shape index (κ3) is 2.41. The van der Waals surface area contributed by atoms with Gasteiger partial charge in [0, 0.05) is 28.9 Å². The number of aromatic carboxylic acids is 1. The van der Waals surface area contributed by atoms with Gasteiger partial charge in [-0.05, 0) is 24.3 Å². The highest BCUT2D eigenvalue weighted by Gasteiger charge is 2.30. The van der Waals surface area contributed by atoms with E-state index >= 15 is 0 Å². The zero-order valence-corrected chi connectivity index (χ0v) is 11.0. The van der Waals surface area contributed by atoms with E-state index in [0.29, 0.717) is 22.2 Å². The molecule has 7 heteroatoms. The van der Waals surface area contributed by atoms with Gasteiger partial charge in [0.2, 0.25) is 0 Å². The molecular weight excluding hydrogens is 297 g/mol. The Hall–Kier alpha value is -2.83. The standard InChI is InChI=1S/C15H9F3N2O2/c16-15(17,18)9-2-3-10-11(7-20-13(10)5-9)12-4-1-8(6-19-12)14(21)22/h1-7,20H,(H,21,22). The molecule has 0 amide bonds. The number of pyridine rings is 1. The zero-order chi connectivity index (χ0) is 15.9. The summed E-state index contributed by atoms with van der Waals surface area (Å²) in [5.41, 5.74) is 0.746. The highest BCUT2D eigenvalue weighted by Crippen LogP contribution is 2.34. The summed E-state index contributed by atoms with van der Waals surface area (Å²) in [6.45, 7) is 0. The van der Waals surface area contributed by atoms with Gasteiger partial charge in [-0.1, -0.05) is 6.07 Å². The van der Waals surface area contributed by atoms with Gasteiger partial charge in [-0.3, -0.25) is 4.98 Å². The van der Waals surface area contributed by atoms with Crippen LogP contribution < -0.4 is 0 Å². The fourth-order valence-corrected chi connectivity index (χ4v) is 2.19. The minimum absolute atomic E-state index is 0.0444. The number of aromatic amines is 1. The van der Waals surface area contributed by atoms with Crippen LogP contribution in [0.2, 0.25) is 0 Å². The van der Waals surface area contributed by atoms with E-state index in [1.54, 1.807) is 6.20 Å². The maximum Gasteiger partial charge on any atom is 0.416 e. The molecule has 4 nitrogen and oxygen atoms in total. The molecule has 2 heterocycles. The van der Waals surface area contributed by atoms with Gasteiger partial charge in [0.1, 0.15) is 0 Å². The second kappa shape index (κ2) is 4.87. The highest BCUT2D eigenvalue weighted by atomic mass is 19.4. The van der Waals surface area contributed by atoms with Crippen molar-refractivity contribution in [3.63, 3.8) is 0 Å². The SMILES string of the molecule is O=C(O)c1ccc(-c2c[nH]c3cc(C(F)(F)F)ccc23)nc1. The normalized spacial score (nSPS) is 11.8. The first-order valence-electron chi connectivity index (χ1n) is 6.24. The summed E-state index contributed by atoms with van der Waals surface area (Å²) in [5.74, 6) is -1.09. The molecule has 0 unspecified atom stereocenters. The Morgan fingerprint density at radius 2 is 1.95 bits per heavy atom. The second-order valence-corrected chi connectivity index (χ2v) is 4.70. The summed E-state index contributed by atoms with van der Waals surface area (Å²) in [6.07, 6.45) is -1.64. The van der Waals surface area contributed by atoms with E-state index in [9.17, 15) is 18.0 Å². The van der Waals surface area contributed by atoms with Crippen molar-refractivity contribution in [3.05, 3.63) is 53.9 Å². The number of aromatic nitrogens is 2. The lowest BCUT2D eigenvalue weighted by atomic mass is 10.1. The quantitative estimate of drug-likeness (QED) is 0.753. The predicted molar refractivity (Wildman–Crippen MR) is 73.5 cm³/mol. The van der Waals surface area contributed by atoms with E-state index < -0.39 is 17.7 Å². The molecule has 2 aromatic heterocycles. The molecule has 1 aromatic carbocycles. The van der Waals surface area contributed by atoms with Gasteiger partial charge in [-0.25, -0.2) is 4.79 Å². The van der Waals surface area contributed by atoms with Crippen LogP contribution in [-0.2, 0) is 6.18 Å². The molecule has 0 fully saturated rings. The first-order valence-corrected chi connectivity index (χ1v) is 6.24. The Morgan fingerprint density at radius 3 is 2.55 bits per heavy atom. The summed E-state index contributed by atoms with van der Waals surface area (Å²) in [7, 11) is 0. The topological polar surface area (TPSA) is 66.0 Å². The van der Waals surface area contributed by atoms with Crippen LogP contribution in [0.4, 0.5) is 13.2 Å². The van der Waals surface area contributed by atoms with Crippen LogP contribution in [0.15, 0.2) is 42.7 Å². The van der Waals surface area contributed by atoms with Crippen molar-refractivity contribution in [1.29, 1.82) is 0 Å². The van der Waals surface area contributed by atoms with Crippen LogP contribution >= 0.6 is 0 Å². The van der Waals surface area contributed by atoms with Crippen molar-refractivity contribution in [2.45, 2.75) is 6.18 Å². The van der Waals surface area contributed by atoms with Crippen molar-refractivity contribution in [3.8, 4) is 11.3 Å². The van der Waals surface area contributed by atoms with E-state index in [2.05, 4.69) is 9.97 Å². The van der Waals surface area contributed by atoms with E-state index in [4.69, 9.17) is 5.11 Å². The summed E-state index contributed by atoms with van der Waals surface area (Å²) in [6, 6.07) is 6.32. The molecule has 3 rings (SSSR count). The molecule has 3 aromatic rings. The molecule has 112 valence electrons. The number of nitrogens with one attached hydrogen (secondary N) is 1. The van der Waals surface area contributed by atoms with Crippen LogP contribution in [0.3, 0.4) is 0 Å². The number of carbonyl (C=O) groups is 1. The molecule has 0 atom stereocenters. The van der Waals surface area contributed by atoms with E-state index in [0.717, 1.165) is 12.1 Å². The monoisotopic (exact) mass is 306 g/mol. The molecule has 0 saturated carbocycles. The fraction of sp³-hybridized carbons (Fsp3) is 0.0667. The van der Waals surface area contributed by atoms with E-state index in [1.807, 2.05) is 0 Å². The van der Waals surface area contributed by atoms with Gasteiger partial charge >= 0.3 is 12.1 Å². The Kier molecular flexibility index (Phi) is 3.13. The largest absolute Gasteiger partial charge is 0.478 e. The number of fused-ring (bicyclic) bond motifs is 1. The van der Waals surface area contributed by atoms with Gasteiger partial charge in [0.25, 0.3) is 0 Å². The minimum Gasteiger partial charge on any atom is -0.478 e. The third-order valence-electron chi connectivity index (χ3n) is 3.30. The van der Waals surface area contributed by atoms with Gasteiger partial charge in [0.15, 0.2) is 0 Å². The van der Waals surface area contributed by atoms with Gasteiger partial charge in [0.05, 0.1) is 16.8 Å². The number of carboxylic acids is 1. The fourth-order valence-electron chi connectivity index (χ4n) is 2.19. The Labute approximate surface area is 122 Å². The molecule has 22 heavy (non-hydrogen) atoms.